The fourth-order valence-electron chi connectivity index (χ4n) is 3.25. The molecule has 0 N–H and O–H groups in total. The van der Waals surface area contributed by atoms with Crippen LogP contribution in [0.25, 0.3) is 0 Å². The molecule has 0 bridgehead atoms. The van der Waals surface area contributed by atoms with Crippen molar-refractivity contribution in [3.05, 3.63) is 17.6 Å². The highest BCUT2D eigenvalue weighted by atomic mass is 16.2. The van der Waals surface area contributed by atoms with Crippen LogP contribution >= 0.6 is 0 Å². The van der Waals surface area contributed by atoms with Gasteiger partial charge in [0.1, 0.15) is 23.5 Å². The second-order valence-electron chi connectivity index (χ2n) is 6.21. The van der Waals surface area contributed by atoms with Crippen LogP contribution in [0.15, 0.2) is 6.20 Å². The standard InChI is InChI=1S/C17H23N5O/c1-3-21(4-2)17(23)14-6-5-9-22(14)16-13(10-18)11-19-15(20-16)12-7-8-12/h11-12,14H,3-9H2,1-2H3. The number of anilines is 1. The zero-order valence-corrected chi connectivity index (χ0v) is 13.8. The summed E-state index contributed by atoms with van der Waals surface area (Å²) < 4.78 is 0. The van der Waals surface area contributed by atoms with Crippen molar-refractivity contribution in [3.8, 4) is 6.07 Å². The quantitative estimate of drug-likeness (QED) is 0.832. The summed E-state index contributed by atoms with van der Waals surface area (Å²) in [6.07, 6.45) is 5.63. The van der Waals surface area contributed by atoms with Gasteiger partial charge in [0.15, 0.2) is 5.82 Å². The molecule has 23 heavy (non-hydrogen) atoms. The van der Waals surface area contributed by atoms with E-state index in [0.717, 1.165) is 38.1 Å². The highest BCUT2D eigenvalue weighted by Gasteiger charge is 2.36. The maximum Gasteiger partial charge on any atom is 0.245 e. The van der Waals surface area contributed by atoms with E-state index in [1.807, 2.05) is 23.6 Å². The Kier molecular flexibility index (Phi) is 4.46. The van der Waals surface area contributed by atoms with Crippen molar-refractivity contribution in [2.75, 3.05) is 24.5 Å². The molecule has 122 valence electrons. The molecular weight excluding hydrogens is 290 g/mol. The predicted molar refractivity (Wildman–Crippen MR) is 87.0 cm³/mol. The fraction of sp³-hybridized carbons (Fsp3) is 0.647. The number of likely N-dealkylation sites (N-methyl/N-ethyl adjacent to an activating group) is 1. The lowest BCUT2D eigenvalue weighted by molar-refractivity contribution is -0.132. The monoisotopic (exact) mass is 313 g/mol. The summed E-state index contributed by atoms with van der Waals surface area (Å²) >= 11 is 0. The molecule has 2 aliphatic rings. The number of rotatable bonds is 5. The van der Waals surface area contributed by atoms with E-state index in [1.165, 1.54) is 0 Å². The van der Waals surface area contributed by atoms with E-state index < -0.39 is 0 Å². The third-order valence-corrected chi connectivity index (χ3v) is 4.74. The Morgan fingerprint density at radius 2 is 2.13 bits per heavy atom. The first-order valence-corrected chi connectivity index (χ1v) is 8.52. The number of nitrogens with zero attached hydrogens (tertiary/aromatic N) is 5. The van der Waals surface area contributed by atoms with Gasteiger partial charge >= 0.3 is 0 Å². The molecule has 1 aromatic rings. The van der Waals surface area contributed by atoms with Crippen LogP contribution in [-0.4, -0.2) is 46.5 Å². The van der Waals surface area contributed by atoms with Gasteiger partial charge in [-0.25, -0.2) is 9.97 Å². The molecule has 0 radical (unpaired) electrons. The van der Waals surface area contributed by atoms with Crippen LogP contribution in [0.3, 0.4) is 0 Å². The molecule has 2 heterocycles. The normalized spacial score (nSPS) is 20.4. The lowest BCUT2D eigenvalue weighted by Gasteiger charge is -2.30. The molecule has 6 heteroatoms. The third-order valence-electron chi connectivity index (χ3n) is 4.74. The van der Waals surface area contributed by atoms with E-state index in [1.54, 1.807) is 6.20 Å². The van der Waals surface area contributed by atoms with Crippen LogP contribution in [0.1, 0.15) is 56.8 Å². The fourth-order valence-corrected chi connectivity index (χ4v) is 3.25. The summed E-state index contributed by atoms with van der Waals surface area (Å²) in [4.78, 5) is 25.6. The van der Waals surface area contributed by atoms with Crippen LogP contribution < -0.4 is 4.90 Å². The van der Waals surface area contributed by atoms with E-state index in [-0.39, 0.29) is 11.9 Å². The molecule has 1 saturated heterocycles. The topological polar surface area (TPSA) is 73.1 Å². The molecule has 0 spiro atoms. The van der Waals surface area contributed by atoms with Crippen molar-refractivity contribution in [2.24, 2.45) is 0 Å². The minimum atomic E-state index is -0.205. The van der Waals surface area contributed by atoms with Crippen molar-refractivity contribution in [1.29, 1.82) is 5.26 Å². The highest BCUT2D eigenvalue weighted by Crippen LogP contribution is 2.39. The molecule has 1 saturated carbocycles. The summed E-state index contributed by atoms with van der Waals surface area (Å²) in [7, 11) is 0. The van der Waals surface area contributed by atoms with Crippen LogP contribution in [0.5, 0.6) is 0 Å². The third kappa shape index (κ3) is 3.00. The van der Waals surface area contributed by atoms with Crippen molar-refractivity contribution in [3.63, 3.8) is 0 Å². The van der Waals surface area contributed by atoms with Gasteiger partial charge in [-0.15, -0.1) is 0 Å². The van der Waals surface area contributed by atoms with E-state index in [2.05, 4.69) is 16.0 Å². The highest BCUT2D eigenvalue weighted by molar-refractivity contribution is 5.86. The zero-order chi connectivity index (χ0) is 16.4. The lowest BCUT2D eigenvalue weighted by atomic mass is 10.1. The number of nitriles is 1. The van der Waals surface area contributed by atoms with Crippen molar-refractivity contribution < 1.29 is 4.79 Å². The average Bonchev–Trinajstić information content (AvgIpc) is 3.32. The van der Waals surface area contributed by atoms with Gasteiger partial charge in [0.05, 0.1) is 6.20 Å². The minimum Gasteiger partial charge on any atom is -0.343 e. The Labute approximate surface area is 137 Å². The Morgan fingerprint density at radius 3 is 2.74 bits per heavy atom. The largest absolute Gasteiger partial charge is 0.343 e. The molecule has 1 atom stereocenters. The summed E-state index contributed by atoms with van der Waals surface area (Å²) in [5.41, 5.74) is 0.466. The van der Waals surface area contributed by atoms with E-state index in [9.17, 15) is 10.1 Å². The smallest absolute Gasteiger partial charge is 0.245 e. The van der Waals surface area contributed by atoms with Crippen LogP contribution in [0.2, 0.25) is 0 Å². The van der Waals surface area contributed by atoms with Crippen molar-refractivity contribution >= 4 is 11.7 Å². The number of amides is 1. The van der Waals surface area contributed by atoms with E-state index >= 15 is 0 Å². The van der Waals surface area contributed by atoms with Gasteiger partial charge in [-0.2, -0.15) is 5.26 Å². The van der Waals surface area contributed by atoms with E-state index in [0.29, 0.717) is 30.4 Å². The number of carbonyl (C=O) groups excluding carboxylic acids is 1. The number of carbonyl (C=O) groups is 1. The van der Waals surface area contributed by atoms with Gasteiger partial charge in [0.2, 0.25) is 5.91 Å². The van der Waals surface area contributed by atoms with Crippen molar-refractivity contribution in [2.45, 2.75) is 51.5 Å². The Bertz CT molecular complexity index is 630. The molecule has 1 amide bonds. The van der Waals surface area contributed by atoms with Gasteiger partial charge in [0, 0.05) is 25.6 Å². The second kappa shape index (κ2) is 6.53. The minimum absolute atomic E-state index is 0.142. The molecule has 0 aromatic carbocycles. The Hall–Kier alpha value is -2.16. The van der Waals surface area contributed by atoms with Crippen molar-refractivity contribution in [1.82, 2.24) is 14.9 Å². The summed E-state index contributed by atoms with van der Waals surface area (Å²) in [5, 5.41) is 9.40. The number of aromatic nitrogens is 2. The molecule has 2 fully saturated rings. The Morgan fingerprint density at radius 1 is 1.39 bits per heavy atom. The number of hydrogen-bond acceptors (Lipinski definition) is 5. The van der Waals surface area contributed by atoms with Gasteiger partial charge in [-0.1, -0.05) is 0 Å². The van der Waals surface area contributed by atoms with Crippen LogP contribution in [0, 0.1) is 11.3 Å². The molecule has 1 aromatic heterocycles. The SMILES string of the molecule is CCN(CC)C(=O)C1CCCN1c1nc(C2CC2)ncc1C#N. The molecule has 6 nitrogen and oxygen atoms in total. The van der Waals surface area contributed by atoms with Gasteiger partial charge in [-0.05, 0) is 39.5 Å². The maximum absolute atomic E-state index is 12.8. The summed E-state index contributed by atoms with van der Waals surface area (Å²) in [6.45, 7) is 6.19. The first kappa shape index (κ1) is 15.7. The number of hydrogen-bond donors (Lipinski definition) is 0. The lowest BCUT2D eigenvalue weighted by Crippen LogP contribution is -2.46. The van der Waals surface area contributed by atoms with Gasteiger partial charge < -0.3 is 9.80 Å². The predicted octanol–water partition coefficient (Wildman–Crippen LogP) is 2.06. The molecule has 3 rings (SSSR count). The summed E-state index contributed by atoms with van der Waals surface area (Å²) in [5.74, 6) is 2.04. The first-order chi connectivity index (χ1) is 11.2. The van der Waals surface area contributed by atoms with Crippen LogP contribution in [-0.2, 0) is 4.79 Å². The molecule has 1 aliphatic carbocycles. The molecule has 1 aliphatic heterocycles. The van der Waals surface area contributed by atoms with Gasteiger partial charge in [0.25, 0.3) is 0 Å². The summed E-state index contributed by atoms with van der Waals surface area (Å²) in [6, 6.07) is 1.98. The molecular formula is C17H23N5O. The average molecular weight is 313 g/mol. The molecule has 1 unspecified atom stereocenters. The second-order valence-corrected chi connectivity index (χ2v) is 6.21. The van der Waals surface area contributed by atoms with Crippen LogP contribution in [0.4, 0.5) is 5.82 Å². The maximum atomic E-state index is 12.8. The first-order valence-electron chi connectivity index (χ1n) is 8.52. The zero-order valence-electron chi connectivity index (χ0n) is 13.8. The Balaban J connectivity index is 1.91. The van der Waals surface area contributed by atoms with E-state index in [4.69, 9.17) is 0 Å². The van der Waals surface area contributed by atoms with Gasteiger partial charge in [-0.3, -0.25) is 4.79 Å².